The summed E-state index contributed by atoms with van der Waals surface area (Å²) in [4.78, 5) is 23.1. The molecule has 5 nitrogen and oxygen atoms in total. The van der Waals surface area contributed by atoms with Crippen LogP contribution < -0.4 is 10.6 Å². The number of esters is 1. The standard InChI is InChI=1S/C16H15ClN2O3/c1-22-15(20)11-6-8-13(9-7-11)19-16(21)18-10-12-4-2-3-5-14(12)17/h2-9H,10H2,1H3,(H2,18,19,21). The number of amides is 2. The molecule has 114 valence electrons. The van der Waals surface area contributed by atoms with Crippen LogP contribution in [0.1, 0.15) is 15.9 Å². The Morgan fingerprint density at radius 1 is 1.09 bits per heavy atom. The third-order valence-electron chi connectivity index (χ3n) is 2.96. The molecule has 0 atom stereocenters. The van der Waals surface area contributed by atoms with E-state index in [1.54, 1.807) is 30.3 Å². The van der Waals surface area contributed by atoms with E-state index in [-0.39, 0.29) is 6.03 Å². The van der Waals surface area contributed by atoms with Crippen LogP contribution in [0.5, 0.6) is 0 Å². The Morgan fingerprint density at radius 3 is 2.41 bits per heavy atom. The number of carbonyl (C=O) groups is 2. The van der Waals surface area contributed by atoms with Crippen LogP contribution in [-0.4, -0.2) is 19.1 Å². The SMILES string of the molecule is COC(=O)c1ccc(NC(=O)NCc2ccccc2Cl)cc1. The molecule has 0 radical (unpaired) electrons. The molecule has 2 aromatic carbocycles. The van der Waals surface area contributed by atoms with Gasteiger partial charge in [0.1, 0.15) is 0 Å². The van der Waals surface area contributed by atoms with E-state index in [1.807, 2.05) is 18.2 Å². The number of rotatable bonds is 4. The fourth-order valence-corrected chi connectivity index (χ4v) is 2.00. The molecule has 0 aliphatic heterocycles. The van der Waals surface area contributed by atoms with Gasteiger partial charge in [-0.25, -0.2) is 9.59 Å². The molecule has 6 heteroatoms. The van der Waals surface area contributed by atoms with Gasteiger partial charge in [-0.3, -0.25) is 0 Å². The average Bonchev–Trinajstić information content (AvgIpc) is 2.54. The van der Waals surface area contributed by atoms with E-state index >= 15 is 0 Å². The number of halogens is 1. The summed E-state index contributed by atoms with van der Waals surface area (Å²) in [6, 6.07) is 13.3. The van der Waals surface area contributed by atoms with Crippen molar-refractivity contribution >= 4 is 29.3 Å². The summed E-state index contributed by atoms with van der Waals surface area (Å²) in [6.07, 6.45) is 0. The van der Waals surface area contributed by atoms with Gasteiger partial charge >= 0.3 is 12.0 Å². The molecule has 2 aromatic rings. The van der Waals surface area contributed by atoms with E-state index in [4.69, 9.17) is 11.6 Å². The van der Waals surface area contributed by atoms with Crippen molar-refractivity contribution in [3.05, 3.63) is 64.7 Å². The third-order valence-corrected chi connectivity index (χ3v) is 3.33. The first kappa shape index (κ1) is 15.9. The van der Waals surface area contributed by atoms with Gasteiger partial charge in [0, 0.05) is 17.3 Å². The summed E-state index contributed by atoms with van der Waals surface area (Å²) in [6.45, 7) is 0.325. The monoisotopic (exact) mass is 318 g/mol. The lowest BCUT2D eigenvalue weighted by Gasteiger charge is -2.09. The molecule has 0 fully saturated rings. The van der Waals surface area contributed by atoms with Crippen molar-refractivity contribution in [2.45, 2.75) is 6.54 Å². The normalized spacial score (nSPS) is 9.91. The maximum Gasteiger partial charge on any atom is 0.337 e. The zero-order chi connectivity index (χ0) is 15.9. The minimum atomic E-state index is -0.422. The van der Waals surface area contributed by atoms with E-state index in [9.17, 15) is 9.59 Å². The van der Waals surface area contributed by atoms with Gasteiger partial charge in [-0.15, -0.1) is 0 Å². The molecule has 0 spiro atoms. The van der Waals surface area contributed by atoms with Crippen molar-refractivity contribution in [2.75, 3.05) is 12.4 Å². The second-order valence-corrected chi connectivity index (χ2v) is 4.88. The minimum absolute atomic E-state index is 0.325. The smallest absolute Gasteiger partial charge is 0.337 e. The Labute approximate surface area is 133 Å². The summed E-state index contributed by atoms with van der Waals surface area (Å²) in [5.74, 6) is -0.422. The van der Waals surface area contributed by atoms with Gasteiger partial charge in [0.05, 0.1) is 12.7 Å². The van der Waals surface area contributed by atoms with Gasteiger partial charge < -0.3 is 15.4 Å². The largest absolute Gasteiger partial charge is 0.465 e. The van der Waals surface area contributed by atoms with Gasteiger partial charge in [0.25, 0.3) is 0 Å². The second-order valence-electron chi connectivity index (χ2n) is 4.47. The highest BCUT2D eigenvalue weighted by atomic mass is 35.5. The number of benzene rings is 2. The van der Waals surface area contributed by atoms with Crippen molar-refractivity contribution in [1.82, 2.24) is 5.32 Å². The average molecular weight is 319 g/mol. The van der Waals surface area contributed by atoms with Gasteiger partial charge in [-0.05, 0) is 35.9 Å². The zero-order valence-corrected chi connectivity index (χ0v) is 12.7. The first-order valence-electron chi connectivity index (χ1n) is 6.57. The number of ether oxygens (including phenoxy) is 1. The van der Waals surface area contributed by atoms with Crippen LogP contribution in [0, 0.1) is 0 Å². The number of urea groups is 1. The molecular weight excluding hydrogens is 304 g/mol. The van der Waals surface area contributed by atoms with Crippen molar-refractivity contribution < 1.29 is 14.3 Å². The van der Waals surface area contributed by atoms with Gasteiger partial charge in [-0.1, -0.05) is 29.8 Å². The Bertz CT molecular complexity index is 671. The minimum Gasteiger partial charge on any atom is -0.465 e. The zero-order valence-electron chi connectivity index (χ0n) is 11.9. The van der Waals surface area contributed by atoms with Gasteiger partial charge in [0.2, 0.25) is 0 Å². The molecule has 0 aromatic heterocycles. The molecule has 2 rings (SSSR count). The fraction of sp³-hybridized carbons (Fsp3) is 0.125. The molecule has 0 aliphatic rings. The maximum absolute atomic E-state index is 11.8. The summed E-state index contributed by atoms with van der Waals surface area (Å²) in [5.41, 5.74) is 1.83. The number of hydrogen-bond acceptors (Lipinski definition) is 3. The van der Waals surface area contributed by atoms with Gasteiger partial charge in [-0.2, -0.15) is 0 Å². The lowest BCUT2D eigenvalue weighted by Crippen LogP contribution is -2.28. The summed E-state index contributed by atoms with van der Waals surface area (Å²) in [5, 5.41) is 5.98. The molecule has 22 heavy (non-hydrogen) atoms. The van der Waals surface area contributed by atoms with E-state index in [2.05, 4.69) is 15.4 Å². The first-order valence-corrected chi connectivity index (χ1v) is 6.94. The van der Waals surface area contributed by atoms with Crippen LogP contribution in [0.25, 0.3) is 0 Å². The Kier molecular flexibility index (Phi) is 5.38. The number of methoxy groups -OCH3 is 1. The highest BCUT2D eigenvalue weighted by molar-refractivity contribution is 6.31. The Hall–Kier alpha value is -2.53. The highest BCUT2D eigenvalue weighted by Gasteiger charge is 2.06. The van der Waals surface area contributed by atoms with Crippen LogP contribution in [-0.2, 0) is 11.3 Å². The second kappa shape index (κ2) is 7.47. The molecule has 2 amide bonds. The van der Waals surface area contributed by atoms with Crippen molar-refractivity contribution in [3.8, 4) is 0 Å². The topological polar surface area (TPSA) is 67.4 Å². The van der Waals surface area contributed by atoms with Crippen molar-refractivity contribution in [3.63, 3.8) is 0 Å². The van der Waals surface area contributed by atoms with Crippen LogP contribution in [0.3, 0.4) is 0 Å². The molecule has 0 aliphatic carbocycles. The lowest BCUT2D eigenvalue weighted by atomic mass is 10.2. The van der Waals surface area contributed by atoms with E-state index in [1.165, 1.54) is 7.11 Å². The number of carbonyl (C=O) groups excluding carboxylic acids is 2. The molecule has 0 bridgehead atoms. The number of hydrogen-bond donors (Lipinski definition) is 2. The summed E-state index contributed by atoms with van der Waals surface area (Å²) < 4.78 is 4.60. The van der Waals surface area contributed by atoms with Crippen LogP contribution >= 0.6 is 11.6 Å². The number of anilines is 1. The van der Waals surface area contributed by atoms with Crippen molar-refractivity contribution in [2.24, 2.45) is 0 Å². The van der Waals surface area contributed by atoms with Crippen LogP contribution in [0.4, 0.5) is 10.5 Å². The maximum atomic E-state index is 11.8. The van der Waals surface area contributed by atoms with Crippen LogP contribution in [0.2, 0.25) is 5.02 Å². The quantitative estimate of drug-likeness (QED) is 0.848. The fourth-order valence-electron chi connectivity index (χ4n) is 1.80. The third kappa shape index (κ3) is 4.23. The molecule has 0 unspecified atom stereocenters. The van der Waals surface area contributed by atoms with Gasteiger partial charge in [0.15, 0.2) is 0 Å². The Balaban J connectivity index is 1.89. The van der Waals surface area contributed by atoms with E-state index < -0.39 is 5.97 Å². The lowest BCUT2D eigenvalue weighted by molar-refractivity contribution is 0.0601. The molecular formula is C16H15ClN2O3. The summed E-state index contributed by atoms with van der Waals surface area (Å²) in [7, 11) is 1.32. The molecule has 2 N–H and O–H groups in total. The summed E-state index contributed by atoms with van der Waals surface area (Å²) >= 11 is 6.01. The molecule has 0 saturated carbocycles. The van der Waals surface area contributed by atoms with Crippen LogP contribution in [0.15, 0.2) is 48.5 Å². The highest BCUT2D eigenvalue weighted by Crippen LogP contribution is 2.14. The van der Waals surface area contributed by atoms with E-state index in [0.29, 0.717) is 22.8 Å². The molecule has 0 heterocycles. The van der Waals surface area contributed by atoms with Crippen molar-refractivity contribution in [1.29, 1.82) is 0 Å². The number of nitrogens with one attached hydrogen (secondary N) is 2. The van der Waals surface area contributed by atoms with E-state index in [0.717, 1.165) is 5.56 Å². The first-order chi connectivity index (χ1) is 10.6. The predicted octanol–water partition coefficient (Wildman–Crippen LogP) is 3.45. The predicted molar refractivity (Wildman–Crippen MR) is 85.1 cm³/mol. The molecule has 0 saturated heterocycles. The Morgan fingerprint density at radius 2 is 1.77 bits per heavy atom.